The molecule has 1 heterocycles. The summed E-state index contributed by atoms with van der Waals surface area (Å²) in [4.78, 5) is 18.6. The van der Waals surface area contributed by atoms with E-state index in [1.165, 1.54) is 18.7 Å². The summed E-state index contributed by atoms with van der Waals surface area (Å²) < 4.78 is 0. The summed E-state index contributed by atoms with van der Waals surface area (Å²) in [5.74, 6) is -0.193. The van der Waals surface area contributed by atoms with Crippen molar-refractivity contribution in [2.24, 2.45) is 5.73 Å². The highest BCUT2D eigenvalue weighted by Gasteiger charge is 2.02. The Balaban J connectivity index is 2.54. The second kappa shape index (κ2) is 4.40. The highest BCUT2D eigenvalue weighted by Crippen LogP contribution is 1.90. The van der Waals surface area contributed by atoms with Gasteiger partial charge >= 0.3 is 0 Å². The highest BCUT2D eigenvalue weighted by atomic mass is 16.1. The standard InChI is InChI=1S/C7H10N4O/c8-1-2-11-7(12)6-3-9-5-10-4-6/h3-5H,1-2,8H2,(H,11,12). The third kappa shape index (κ3) is 2.28. The predicted octanol–water partition coefficient (Wildman–Crippen LogP) is -0.835. The Bertz CT molecular complexity index is 249. The SMILES string of the molecule is NCCNC(=O)c1cncnc1. The Kier molecular flexibility index (Phi) is 3.16. The van der Waals surface area contributed by atoms with Crippen molar-refractivity contribution in [3.8, 4) is 0 Å². The molecule has 0 radical (unpaired) electrons. The number of nitrogens with two attached hydrogens (primary N) is 1. The Morgan fingerprint density at radius 2 is 2.17 bits per heavy atom. The van der Waals surface area contributed by atoms with Crippen molar-refractivity contribution in [2.45, 2.75) is 0 Å². The molecule has 64 valence electrons. The average Bonchev–Trinajstić information content (AvgIpc) is 2.15. The molecule has 0 fully saturated rings. The van der Waals surface area contributed by atoms with E-state index in [0.717, 1.165) is 0 Å². The topological polar surface area (TPSA) is 80.9 Å². The van der Waals surface area contributed by atoms with Gasteiger partial charge in [0.25, 0.3) is 5.91 Å². The first-order valence-corrected chi connectivity index (χ1v) is 3.58. The predicted molar refractivity (Wildman–Crippen MR) is 43.4 cm³/mol. The molecule has 1 aromatic rings. The lowest BCUT2D eigenvalue weighted by atomic mass is 10.3. The van der Waals surface area contributed by atoms with Gasteiger partial charge in [-0.15, -0.1) is 0 Å². The van der Waals surface area contributed by atoms with Gasteiger partial charge in [-0.05, 0) is 0 Å². The number of amides is 1. The van der Waals surface area contributed by atoms with E-state index in [4.69, 9.17) is 5.73 Å². The zero-order valence-corrected chi connectivity index (χ0v) is 6.53. The maximum atomic E-state index is 11.2. The van der Waals surface area contributed by atoms with Crippen LogP contribution in [0.1, 0.15) is 10.4 Å². The van der Waals surface area contributed by atoms with E-state index in [0.29, 0.717) is 18.7 Å². The average molecular weight is 166 g/mol. The van der Waals surface area contributed by atoms with Crippen LogP contribution in [0.5, 0.6) is 0 Å². The van der Waals surface area contributed by atoms with Gasteiger partial charge in [-0.3, -0.25) is 4.79 Å². The summed E-state index contributed by atoms with van der Waals surface area (Å²) in [6.45, 7) is 0.896. The largest absolute Gasteiger partial charge is 0.351 e. The van der Waals surface area contributed by atoms with Crippen molar-refractivity contribution in [3.05, 3.63) is 24.3 Å². The second-order valence-electron chi connectivity index (χ2n) is 2.17. The van der Waals surface area contributed by atoms with E-state index in [1.54, 1.807) is 0 Å². The van der Waals surface area contributed by atoms with E-state index in [2.05, 4.69) is 15.3 Å². The molecule has 0 atom stereocenters. The molecule has 0 bridgehead atoms. The zero-order chi connectivity index (χ0) is 8.81. The summed E-state index contributed by atoms with van der Waals surface area (Å²) in [5, 5.41) is 2.60. The molecule has 5 heteroatoms. The molecule has 0 saturated carbocycles. The molecular formula is C7H10N4O. The van der Waals surface area contributed by atoms with E-state index in [1.807, 2.05) is 0 Å². The van der Waals surface area contributed by atoms with Crippen molar-refractivity contribution in [2.75, 3.05) is 13.1 Å². The Morgan fingerprint density at radius 1 is 1.50 bits per heavy atom. The second-order valence-corrected chi connectivity index (χ2v) is 2.17. The number of carbonyl (C=O) groups excluding carboxylic acids is 1. The minimum Gasteiger partial charge on any atom is -0.351 e. The van der Waals surface area contributed by atoms with Crippen molar-refractivity contribution in [1.82, 2.24) is 15.3 Å². The molecule has 1 amide bonds. The molecule has 1 aromatic heterocycles. The van der Waals surface area contributed by atoms with Crippen molar-refractivity contribution in [3.63, 3.8) is 0 Å². The highest BCUT2D eigenvalue weighted by molar-refractivity contribution is 5.93. The molecule has 0 saturated heterocycles. The van der Waals surface area contributed by atoms with Crippen LogP contribution in [-0.4, -0.2) is 29.0 Å². The molecule has 0 unspecified atom stereocenters. The fourth-order valence-corrected chi connectivity index (χ4v) is 0.704. The Hall–Kier alpha value is -1.49. The maximum Gasteiger partial charge on any atom is 0.254 e. The van der Waals surface area contributed by atoms with E-state index < -0.39 is 0 Å². The van der Waals surface area contributed by atoms with E-state index >= 15 is 0 Å². The van der Waals surface area contributed by atoms with Gasteiger partial charge < -0.3 is 11.1 Å². The molecular weight excluding hydrogens is 156 g/mol. The van der Waals surface area contributed by atoms with Crippen LogP contribution < -0.4 is 11.1 Å². The number of aromatic nitrogens is 2. The van der Waals surface area contributed by atoms with Crippen molar-refractivity contribution < 1.29 is 4.79 Å². The van der Waals surface area contributed by atoms with E-state index in [-0.39, 0.29) is 5.91 Å². The van der Waals surface area contributed by atoms with E-state index in [9.17, 15) is 4.79 Å². The molecule has 0 aliphatic heterocycles. The third-order valence-electron chi connectivity index (χ3n) is 1.25. The first-order valence-electron chi connectivity index (χ1n) is 3.58. The summed E-state index contributed by atoms with van der Waals surface area (Å²) in [7, 11) is 0. The lowest BCUT2D eigenvalue weighted by Gasteiger charge is -2.00. The summed E-state index contributed by atoms with van der Waals surface area (Å²) in [5.41, 5.74) is 5.66. The molecule has 5 nitrogen and oxygen atoms in total. The van der Waals surface area contributed by atoms with Gasteiger partial charge in [0.05, 0.1) is 5.56 Å². The molecule has 1 rings (SSSR count). The number of carbonyl (C=O) groups is 1. The molecule has 0 aromatic carbocycles. The van der Waals surface area contributed by atoms with Gasteiger partial charge in [0, 0.05) is 25.5 Å². The fraction of sp³-hybridized carbons (Fsp3) is 0.286. The van der Waals surface area contributed by atoms with Gasteiger partial charge in [-0.1, -0.05) is 0 Å². The van der Waals surface area contributed by atoms with Crippen LogP contribution in [-0.2, 0) is 0 Å². The van der Waals surface area contributed by atoms with Crippen LogP contribution in [0.3, 0.4) is 0 Å². The first-order chi connectivity index (χ1) is 5.84. The quantitative estimate of drug-likeness (QED) is 0.613. The smallest absolute Gasteiger partial charge is 0.254 e. The number of nitrogens with zero attached hydrogens (tertiary/aromatic N) is 2. The summed E-state index contributed by atoms with van der Waals surface area (Å²) in [6.07, 6.45) is 4.29. The van der Waals surface area contributed by atoms with Crippen LogP contribution in [0.15, 0.2) is 18.7 Å². The maximum absolute atomic E-state index is 11.2. The van der Waals surface area contributed by atoms with Crippen LogP contribution in [0.2, 0.25) is 0 Å². The lowest BCUT2D eigenvalue weighted by molar-refractivity contribution is 0.0954. The zero-order valence-electron chi connectivity index (χ0n) is 6.53. The normalized spacial score (nSPS) is 9.42. The Morgan fingerprint density at radius 3 is 2.75 bits per heavy atom. The van der Waals surface area contributed by atoms with Crippen LogP contribution in [0.4, 0.5) is 0 Å². The van der Waals surface area contributed by atoms with Crippen molar-refractivity contribution >= 4 is 5.91 Å². The number of hydrogen-bond acceptors (Lipinski definition) is 4. The first kappa shape index (κ1) is 8.61. The van der Waals surface area contributed by atoms with Crippen LogP contribution in [0, 0.1) is 0 Å². The molecule has 0 aliphatic rings. The van der Waals surface area contributed by atoms with Gasteiger partial charge in [-0.2, -0.15) is 0 Å². The van der Waals surface area contributed by atoms with Gasteiger partial charge in [0.2, 0.25) is 0 Å². The number of hydrogen-bond donors (Lipinski definition) is 2. The van der Waals surface area contributed by atoms with Gasteiger partial charge in [0.15, 0.2) is 0 Å². The molecule has 3 N–H and O–H groups in total. The van der Waals surface area contributed by atoms with Crippen LogP contribution in [0.25, 0.3) is 0 Å². The molecule has 0 aliphatic carbocycles. The fourth-order valence-electron chi connectivity index (χ4n) is 0.704. The summed E-state index contributed by atoms with van der Waals surface area (Å²) >= 11 is 0. The van der Waals surface area contributed by atoms with Gasteiger partial charge in [0.1, 0.15) is 6.33 Å². The minimum atomic E-state index is -0.193. The van der Waals surface area contributed by atoms with Gasteiger partial charge in [-0.25, -0.2) is 9.97 Å². The molecule has 12 heavy (non-hydrogen) atoms. The Labute approximate surface area is 70.0 Å². The number of rotatable bonds is 3. The van der Waals surface area contributed by atoms with Crippen LogP contribution >= 0.6 is 0 Å². The lowest BCUT2D eigenvalue weighted by Crippen LogP contribution is -2.29. The molecule has 0 spiro atoms. The summed E-state index contributed by atoms with van der Waals surface area (Å²) in [6, 6.07) is 0. The number of nitrogens with one attached hydrogen (secondary N) is 1. The monoisotopic (exact) mass is 166 g/mol. The van der Waals surface area contributed by atoms with Crippen molar-refractivity contribution in [1.29, 1.82) is 0 Å². The minimum absolute atomic E-state index is 0.193. The third-order valence-corrected chi connectivity index (χ3v) is 1.25.